The lowest BCUT2D eigenvalue weighted by Gasteiger charge is -2.11. The summed E-state index contributed by atoms with van der Waals surface area (Å²) < 4.78 is 10.9. The Morgan fingerprint density at radius 3 is 2.46 bits per heavy atom. The van der Waals surface area contributed by atoms with E-state index in [1.165, 1.54) is 6.08 Å². The van der Waals surface area contributed by atoms with Crippen LogP contribution >= 0.6 is 23.2 Å². The second-order valence-corrected chi connectivity index (χ2v) is 6.17. The minimum atomic E-state index is -0.532. The largest absolute Gasteiger partial charge is 0.493 e. The van der Waals surface area contributed by atoms with Gasteiger partial charge in [-0.25, -0.2) is 0 Å². The molecule has 0 unspecified atom stereocenters. The molecule has 134 valence electrons. The van der Waals surface area contributed by atoms with E-state index in [2.05, 4.69) is 0 Å². The highest BCUT2D eigenvalue weighted by Crippen LogP contribution is 2.30. The Kier molecular flexibility index (Phi) is 7.08. The first-order chi connectivity index (χ1) is 12.5. The maximum atomic E-state index is 12.7. The average Bonchev–Trinajstić information content (AvgIpc) is 2.64. The molecule has 0 aliphatic rings. The van der Waals surface area contributed by atoms with E-state index in [1.807, 2.05) is 13.0 Å². The molecule has 2 rings (SSSR count). The molecule has 6 heteroatoms. The summed E-state index contributed by atoms with van der Waals surface area (Å²) in [6.07, 6.45) is 2.32. The van der Waals surface area contributed by atoms with Gasteiger partial charge in [0.2, 0.25) is 5.78 Å². The molecule has 0 spiro atoms. The van der Waals surface area contributed by atoms with Gasteiger partial charge < -0.3 is 9.47 Å². The second kappa shape index (κ2) is 9.28. The van der Waals surface area contributed by atoms with Crippen LogP contribution in [0.15, 0.2) is 42.0 Å². The van der Waals surface area contributed by atoms with E-state index in [0.717, 1.165) is 6.42 Å². The molecule has 0 amide bonds. The molecule has 0 atom stereocenters. The minimum Gasteiger partial charge on any atom is -0.493 e. The second-order valence-electron chi connectivity index (χ2n) is 5.35. The molecule has 0 fully saturated rings. The molecule has 0 radical (unpaired) electrons. The Morgan fingerprint density at radius 1 is 1.19 bits per heavy atom. The summed E-state index contributed by atoms with van der Waals surface area (Å²) >= 11 is 12.1. The fraction of sp³-hybridized carbons (Fsp3) is 0.200. The summed E-state index contributed by atoms with van der Waals surface area (Å²) in [5, 5.41) is 9.83. The molecule has 0 saturated carbocycles. The molecule has 0 aliphatic heterocycles. The maximum absolute atomic E-state index is 12.7. The Morgan fingerprint density at radius 2 is 1.88 bits per heavy atom. The van der Waals surface area contributed by atoms with Gasteiger partial charge >= 0.3 is 0 Å². The minimum absolute atomic E-state index is 0.0772. The van der Waals surface area contributed by atoms with Crippen LogP contribution in [0.4, 0.5) is 0 Å². The van der Waals surface area contributed by atoms with E-state index in [1.54, 1.807) is 43.5 Å². The monoisotopic (exact) mass is 389 g/mol. The quantitative estimate of drug-likeness (QED) is 0.352. The highest BCUT2D eigenvalue weighted by atomic mass is 35.5. The van der Waals surface area contributed by atoms with E-state index >= 15 is 0 Å². The van der Waals surface area contributed by atoms with Gasteiger partial charge in [-0.1, -0.05) is 42.3 Å². The zero-order valence-corrected chi connectivity index (χ0v) is 15.9. The number of nitriles is 1. The zero-order valence-electron chi connectivity index (χ0n) is 14.4. The molecular formula is C20H17Cl2NO3. The summed E-state index contributed by atoms with van der Waals surface area (Å²) in [5.41, 5.74) is 0.663. The number of hydrogen-bond donors (Lipinski definition) is 0. The van der Waals surface area contributed by atoms with Gasteiger partial charge in [0.25, 0.3) is 0 Å². The fourth-order valence-electron chi connectivity index (χ4n) is 2.27. The summed E-state index contributed by atoms with van der Waals surface area (Å²) in [7, 11) is 1.55. The van der Waals surface area contributed by atoms with Gasteiger partial charge in [-0.15, -0.1) is 0 Å². The number of halogens is 2. The number of ketones is 1. The first-order valence-corrected chi connectivity index (χ1v) is 8.68. The van der Waals surface area contributed by atoms with Crippen molar-refractivity contribution in [2.75, 3.05) is 13.7 Å². The van der Waals surface area contributed by atoms with E-state index in [9.17, 15) is 10.1 Å². The van der Waals surface area contributed by atoms with E-state index < -0.39 is 5.78 Å². The van der Waals surface area contributed by atoms with Crippen molar-refractivity contribution in [3.63, 3.8) is 0 Å². The van der Waals surface area contributed by atoms with E-state index in [0.29, 0.717) is 23.7 Å². The summed E-state index contributed by atoms with van der Waals surface area (Å²) in [6.45, 7) is 2.53. The summed E-state index contributed by atoms with van der Waals surface area (Å²) in [5.74, 6) is 0.591. The van der Waals surface area contributed by atoms with Crippen LogP contribution in [0.25, 0.3) is 6.08 Å². The Labute approximate surface area is 162 Å². The van der Waals surface area contributed by atoms with Crippen molar-refractivity contribution in [3.05, 3.63) is 63.1 Å². The molecule has 2 aromatic carbocycles. The SMILES string of the molecule is CCCOc1cc(/C=C(\C#N)C(=O)c2c(Cl)cccc2Cl)ccc1OC. The number of nitrogens with zero attached hydrogens (tertiary/aromatic N) is 1. The van der Waals surface area contributed by atoms with Crippen molar-refractivity contribution in [2.45, 2.75) is 13.3 Å². The Bertz CT molecular complexity index is 865. The number of hydrogen-bond acceptors (Lipinski definition) is 4. The number of benzene rings is 2. The van der Waals surface area contributed by atoms with Crippen molar-refractivity contribution in [1.29, 1.82) is 5.26 Å². The van der Waals surface area contributed by atoms with Gasteiger partial charge in [-0.2, -0.15) is 5.26 Å². The van der Waals surface area contributed by atoms with E-state index in [-0.39, 0.29) is 21.2 Å². The zero-order chi connectivity index (χ0) is 19.1. The lowest BCUT2D eigenvalue weighted by Crippen LogP contribution is -2.04. The van der Waals surface area contributed by atoms with Crippen LogP contribution in [0.5, 0.6) is 11.5 Å². The Hall–Kier alpha value is -2.48. The standard InChI is InChI=1S/C20H17Cl2NO3/c1-3-9-26-18-11-13(7-8-17(18)25-2)10-14(12-23)20(24)19-15(21)5-4-6-16(19)22/h4-8,10-11H,3,9H2,1-2H3/b14-10+. The molecule has 0 aromatic heterocycles. The molecular weight excluding hydrogens is 373 g/mol. The summed E-state index contributed by atoms with van der Waals surface area (Å²) in [4.78, 5) is 12.7. The molecule has 0 N–H and O–H groups in total. The predicted octanol–water partition coefficient (Wildman–Crippen LogP) is 5.58. The third-order valence-electron chi connectivity index (χ3n) is 3.52. The highest BCUT2D eigenvalue weighted by Gasteiger charge is 2.19. The number of methoxy groups -OCH3 is 1. The molecule has 4 nitrogen and oxygen atoms in total. The van der Waals surface area contributed by atoms with Gasteiger partial charge in [0.15, 0.2) is 11.5 Å². The molecule has 0 heterocycles. The van der Waals surface area contributed by atoms with Crippen molar-refractivity contribution < 1.29 is 14.3 Å². The topological polar surface area (TPSA) is 59.3 Å². The normalized spacial score (nSPS) is 11.0. The maximum Gasteiger partial charge on any atom is 0.206 e. The first kappa shape index (κ1) is 19.8. The van der Waals surface area contributed by atoms with Crippen LogP contribution in [0.1, 0.15) is 29.3 Å². The van der Waals surface area contributed by atoms with Crippen LogP contribution in [0.3, 0.4) is 0 Å². The fourth-order valence-corrected chi connectivity index (χ4v) is 2.84. The van der Waals surface area contributed by atoms with Gasteiger partial charge in [0.05, 0.1) is 29.3 Å². The van der Waals surface area contributed by atoms with Crippen molar-refractivity contribution in [1.82, 2.24) is 0 Å². The lowest BCUT2D eigenvalue weighted by atomic mass is 10.0. The third-order valence-corrected chi connectivity index (χ3v) is 4.15. The molecule has 2 aromatic rings. The van der Waals surface area contributed by atoms with Crippen LogP contribution in [0.2, 0.25) is 10.0 Å². The lowest BCUT2D eigenvalue weighted by molar-refractivity contribution is 0.104. The number of carbonyl (C=O) groups is 1. The van der Waals surface area contributed by atoms with Crippen LogP contribution in [0, 0.1) is 11.3 Å². The molecule has 0 bridgehead atoms. The number of carbonyl (C=O) groups excluding carboxylic acids is 1. The van der Waals surface area contributed by atoms with Gasteiger partial charge in [-0.05, 0) is 42.3 Å². The Balaban J connectivity index is 2.43. The smallest absolute Gasteiger partial charge is 0.206 e. The van der Waals surface area contributed by atoms with Crippen molar-refractivity contribution in [3.8, 4) is 17.6 Å². The first-order valence-electron chi connectivity index (χ1n) is 7.93. The summed E-state index contributed by atoms with van der Waals surface area (Å²) in [6, 6.07) is 11.8. The average molecular weight is 390 g/mol. The third kappa shape index (κ3) is 4.57. The van der Waals surface area contributed by atoms with Gasteiger partial charge in [-0.3, -0.25) is 4.79 Å². The van der Waals surface area contributed by atoms with Crippen molar-refractivity contribution in [2.24, 2.45) is 0 Å². The van der Waals surface area contributed by atoms with Gasteiger partial charge in [0, 0.05) is 0 Å². The number of rotatable bonds is 7. The molecule has 0 saturated heterocycles. The highest BCUT2D eigenvalue weighted by molar-refractivity contribution is 6.41. The van der Waals surface area contributed by atoms with Crippen molar-refractivity contribution >= 4 is 35.1 Å². The van der Waals surface area contributed by atoms with Crippen LogP contribution in [-0.2, 0) is 0 Å². The molecule has 0 aliphatic carbocycles. The molecule has 26 heavy (non-hydrogen) atoms. The number of allylic oxidation sites excluding steroid dienone is 1. The number of Topliss-reactive ketones (excluding diaryl/α,β-unsaturated/α-hetero) is 1. The van der Waals surface area contributed by atoms with Gasteiger partial charge in [0.1, 0.15) is 11.6 Å². The predicted molar refractivity (Wildman–Crippen MR) is 103 cm³/mol. The van der Waals surface area contributed by atoms with Crippen LogP contribution < -0.4 is 9.47 Å². The van der Waals surface area contributed by atoms with E-state index in [4.69, 9.17) is 32.7 Å². The number of ether oxygens (including phenoxy) is 2. The van der Waals surface area contributed by atoms with Crippen LogP contribution in [-0.4, -0.2) is 19.5 Å².